The molecule has 1 aliphatic carbocycles. The lowest BCUT2D eigenvalue weighted by Gasteiger charge is -2.30. The molecule has 0 radical (unpaired) electrons. The van der Waals surface area contributed by atoms with E-state index in [2.05, 4.69) is 20.7 Å². The van der Waals surface area contributed by atoms with Gasteiger partial charge in [-0.3, -0.25) is 9.59 Å². The number of aromatic nitrogens is 4. The van der Waals surface area contributed by atoms with Gasteiger partial charge in [0, 0.05) is 18.2 Å². The Bertz CT molecular complexity index is 1640. The molecule has 5 rings (SSSR count). The molecule has 2 aromatic carbocycles. The first-order valence-corrected chi connectivity index (χ1v) is 15.2. The van der Waals surface area contributed by atoms with Gasteiger partial charge in [-0.05, 0) is 79.4 Å². The third-order valence-corrected chi connectivity index (χ3v) is 8.07. The number of ether oxygens (including phenoxy) is 4. The van der Waals surface area contributed by atoms with Crippen LogP contribution in [0.3, 0.4) is 0 Å². The fourth-order valence-electron chi connectivity index (χ4n) is 5.67. The van der Waals surface area contributed by atoms with E-state index in [0.29, 0.717) is 52.3 Å². The second-order valence-electron chi connectivity index (χ2n) is 11.1. The number of rotatable bonds is 14. The van der Waals surface area contributed by atoms with Gasteiger partial charge in [-0.1, -0.05) is 18.9 Å². The van der Waals surface area contributed by atoms with Crippen LogP contribution in [0.25, 0.3) is 11.4 Å². The molecule has 1 atom stereocenters. The van der Waals surface area contributed by atoms with Crippen LogP contribution in [0.5, 0.6) is 23.0 Å². The standard InChI is InChI=1S/C33H40N6O7/c1-21-10-13-27(46-21)31(33(41)34-24-8-6-7-9-24)38(17-16-22-11-14-25(42-2)28(18-22)44-4)30(40)20-39-36-32(35-37-39)23-12-15-26(43-3)29(19-23)45-5/h10-15,18-19,24,31H,6-9,16-17,20H2,1-5H3,(H,34,41)/t31-/m0/s1. The summed E-state index contributed by atoms with van der Waals surface area (Å²) in [5.41, 5.74) is 1.54. The molecule has 0 bridgehead atoms. The Labute approximate surface area is 267 Å². The Morgan fingerprint density at radius 1 is 0.935 bits per heavy atom. The quantitative estimate of drug-likeness (QED) is 0.215. The van der Waals surface area contributed by atoms with Crippen LogP contribution in [0.15, 0.2) is 52.9 Å². The van der Waals surface area contributed by atoms with Crippen molar-refractivity contribution in [2.75, 3.05) is 35.0 Å². The Balaban J connectivity index is 1.44. The molecule has 0 unspecified atom stereocenters. The molecule has 46 heavy (non-hydrogen) atoms. The van der Waals surface area contributed by atoms with E-state index in [4.69, 9.17) is 23.4 Å². The molecule has 0 aliphatic heterocycles. The number of methoxy groups -OCH3 is 4. The van der Waals surface area contributed by atoms with Crippen LogP contribution in [0.4, 0.5) is 0 Å². The molecule has 13 heteroatoms. The lowest BCUT2D eigenvalue weighted by Crippen LogP contribution is -2.47. The van der Waals surface area contributed by atoms with Gasteiger partial charge in [0.05, 0.1) is 28.4 Å². The first-order valence-electron chi connectivity index (χ1n) is 15.2. The lowest BCUT2D eigenvalue weighted by molar-refractivity contribution is -0.142. The summed E-state index contributed by atoms with van der Waals surface area (Å²) in [6.07, 6.45) is 4.34. The van der Waals surface area contributed by atoms with E-state index in [1.54, 1.807) is 65.7 Å². The fourth-order valence-corrected chi connectivity index (χ4v) is 5.67. The summed E-state index contributed by atoms with van der Waals surface area (Å²) in [5.74, 6) is 2.91. The summed E-state index contributed by atoms with van der Waals surface area (Å²) in [6, 6.07) is 13.4. The van der Waals surface area contributed by atoms with Crippen molar-refractivity contribution in [3.8, 4) is 34.4 Å². The average Bonchev–Trinajstić information content (AvgIpc) is 3.85. The number of carbonyl (C=O) groups is 2. The van der Waals surface area contributed by atoms with Gasteiger partial charge < -0.3 is 33.6 Å². The van der Waals surface area contributed by atoms with Crippen LogP contribution < -0.4 is 24.3 Å². The summed E-state index contributed by atoms with van der Waals surface area (Å²) >= 11 is 0. The maximum atomic E-state index is 14.1. The van der Waals surface area contributed by atoms with E-state index in [1.165, 1.54) is 9.70 Å². The minimum absolute atomic E-state index is 0.0508. The van der Waals surface area contributed by atoms with Gasteiger partial charge in [-0.2, -0.15) is 4.80 Å². The molecule has 1 fully saturated rings. The molecule has 1 saturated carbocycles. The highest BCUT2D eigenvalue weighted by Gasteiger charge is 2.35. The monoisotopic (exact) mass is 632 g/mol. The van der Waals surface area contributed by atoms with Crippen LogP contribution >= 0.6 is 0 Å². The largest absolute Gasteiger partial charge is 0.493 e. The molecule has 2 heterocycles. The van der Waals surface area contributed by atoms with Crippen LogP contribution in [0.2, 0.25) is 0 Å². The molecule has 1 N–H and O–H groups in total. The minimum Gasteiger partial charge on any atom is -0.493 e. The normalized spacial score (nSPS) is 13.7. The third kappa shape index (κ3) is 7.41. The highest BCUT2D eigenvalue weighted by Crippen LogP contribution is 2.32. The lowest BCUT2D eigenvalue weighted by atomic mass is 10.1. The molecule has 0 spiro atoms. The number of hydrogen-bond donors (Lipinski definition) is 1. The van der Waals surface area contributed by atoms with Crippen molar-refractivity contribution < 1.29 is 33.0 Å². The van der Waals surface area contributed by atoms with Crippen LogP contribution in [0, 0.1) is 6.92 Å². The number of amides is 2. The van der Waals surface area contributed by atoms with Gasteiger partial charge in [-0.15, -0.1) is 10.2 Å². The number of tetrazole rings is 1. The van der Waals surface area contributed by atoms with Gasteiger partial charge in [0.2, 0.25) is 11.7 Å². The van der Waals surface area contributed by atoms with Gasteiger partial charge >= 0.3 is 0 Å². The molecule has 4 aromatic rings. The number of benzene rings is 2. The van der Waals surface area contributed by atoms with Gasteiger partial charge in [0.15, 0.2) is 29.0 Å². The van der Waals surface area contributed by atoms with Gasteiger partial charge in [0.1, 0.15) is 18.1 Å². The maximum Gasteiger partial charge on any atom is 0.250 e. The van der Waals surface area contributed by atoms with E-state index in [9.17, 15) is 9.59 Å². The molecule has 1 aliphatic rings. The highest BCUT2D eigenvalue weighted by molar-refractivity contribution is 5.88. The first kappa shape index (κ1) is 32.3. The van der Waals surface area contributed by atoms with Crippen LogP contribution in [0.1, 0.15) is 48.8 Å². The van der Waals surface area contributed by atoms with Crippen molar-refractivity contribution in [3.63, 3.8) is 0 Å². The predicted molar refractivity (Wildman–Crippen MR) is 168 cm³/mol. The number of hydrogen-bond acceptors (Lipinski definition) is 10. The molecule has 2 aromatic heterocycles. The Kier molecular flexibility index (Phi) is 10.4. The number of nitrogens with zero attached hydrogens (tertiary/aromatic N) is 5. The Morgan fingerprint density at radius 2 is 1.61 bits per heavy atom. The smallest absolute Gasteiger partial charge is 0.250 e. The Morgan fingerprint density at radius 3 is 2.26 bits per heavy atom. The average molecular weight is 633 g/mol. The first-order chi connectivity index (χ1) is 22.3. The number of furan rings is 1. The summed E-state index contributed by atoms with van der Waals surface area (Å²) < 4.78 is 27.6. The highest BCUT2D eigenvalue weighted by atomic mass is 16.5. The van der Waals surface area contributed by atoms with Gasteiger partial charge in [-0.25, -0.2) is 0 Å². The number of aryl methyl sites for hydroxylation is 1. The second-order valence-corrected chi connectivity index (χ2v) is 11.1. The zero-order valence-electron chi connectivity index (χ0n) is 26.8. The fraction of sp³-hybridized carbons (Fsp3) is 0.424. The summed E-state index contributed by atoms with van der Waals surface area (Å²) in [4.78, 5) is 30.8. The van der Waals surface area contributed by atoms with Crippen LogP contribution in [-0.2, 0) is 22.6 Å². The van der Waals surface area contributed by atoms with Crippen molar-refractivity contribution in [1.29, 1.82) is 0 Å². The molecule has 2 amide bonds. The van der Waals surface area contributed by atoms with E-state index in [-0.39, 0.29) is 30.9 Å². The van der Waals surface area contributed by atoms with E-state index in [0.717, 1.165) is 31.2 Å². The molecular formula is C33H40N6O7. The van der Waals surface area contributed by atoms with E-state index in [1.807, 2.05) is 18.2 Å². The molecular weight excluding hydrogens is 592 g/mol. The van der Waals surface area contributed by atoms with Crippen molar-refractivity contribution in [2.24, 2.45) is 0 Å². The summed E-state index contributed by atoms with van der Waals surface area (Å²) in [5, 5.41) is 15.9. The maximum absolute atomic E-state index is 14.1. The molecule has 13 nitrogen and oxygen atoms in total. The van der Waals surface area contributed by atoms with E-state index < -0.39 is 6.04 Å². The van der Waals surface area contributed by atoms with Crippen molar-refractivity contribution in [1.82, 2.24) is 30.4 Å². The van der Waals surface area contributed by atoms with Crippen molar-refractivity contribution >= 4 is 11.8 Å². The SMILES string of the molecule is COc1ccc(CCN(C(=O)Cn2nnc(-c3ccc(OC)c(OC)c3)n2)[C@H](C(=O)NC2CCCC2)c2ccc(C)o2)cc1OC. The Hall–Kier alpha value is -5.07. The number of carbonyl (C=O) groups excluding carboxylic acids is 2. The van der Waals surface area contributed by atoms with Crippen molar-refractivity contribution in [2.45, 2.75) is 57.7 Å². The predicted octanol–water partition coefficient (Wildman–Crippen LogP) is 4.15. The van der Waals surface area contributed by atoms with Gasteiger partial charge in [0.25, 0.3) is 5.91 Å². The molecule has 0 saturated heterocycles. The third-order valence-electron chi connectivity index (χ3n) is 8.07. The second kappa shape index (κ2) is 14.8. The number of nitrogens with one attached hydrogen (secondary N) is 1. The summed E-state index contributed by atoms with van der Waals surface area (Å²) in [6.45, 7) is 1.76. The van der Waals surface area contributed by atoms with E-state index >= 15 is 0 Å². The summed E-state index contributed by atoms with van der Waals surface area (Å²) in [7, 11) is 6.24. The zero-order valence-corrected chi connectivity index (χ0v) is 26.8. The van der Waals surface area contributed by atoms with Crippen LogP contribution in [-0.4, -0.2) is 77.9 Å². The topological polar surface area (TPSA) is 143 Å². The molecule has 244 valence electrons. The zero-order chi connectivity index (χ0) is 32.6. The van der Waals surface area contributed by atoms with Crippen molar-refractivity contribution in [3.05, 3.63) is 65.6 Å². The minimum atomic E-state index is -1.00.